The van der Waals surface area contributed by atoms with Gasteiger partial charge in [-0.3, -0.25) is 0 Å². The largest absolute Gasteiger partial charge is 0.504 e. The summed E-state index contributed by atoms with van der Waals surface area (Å²) in [4.78, 5) is 0. The molecule has 0 radical (unpaired) electrons. The van der Waals surface area contributed by atoms with Crippen LogP contribution >= 0.6 is 0 Å². The molecule has 0 unspecified atom stereocenters. The number of rotatable bonds is 0. The molecule has 4 aliphatic heterocycles. The molecular weight excluding hydrogens is 400 g/mol. The summed E-state index contributed by atoms with van der Waals surface area (Å²) in [5, 5.41) is 20.7. The van der Waals surface area contributed by atoms with Crippen molar-refractivity contribution in [3.8, 4) is 34.5 Å². The number of benzene rings is 4. The normalized spacial score (nSPS) is 13.2. The van der Waals surface area contributed by atoms with Gasteiger partial charge < -0.3 is 19.7 Å². The predicted octanol–water partition coefficient (Wildman–Crippen LogP) is 6.57. The lowest BCUT2D eigenvalue weighted by Gasteiger charge is -2.13. The maximum absolute atomic E-state index is 10.5. The highest BCUT2D eigenvalue weighted by molar-refractivity contribution is 5.47. The Morgan fingerprint density at radius 3 is 1.88 bits per heavy atom. The van der Waals surface area contributed by atoms with Gasteiger partial charge in [0.2, 0.25) is 0 Å². The van der Waals surface area contributed by atoms with Crippen LogP contribution in [-0.4, -0.2) is 10.2 Å². The van der Waals surface area contributed by atoms with Crippen molar-refractivity contribution in [2.24, 2.45) is 0 Å². The number of aromatic hydroxyl groups is 2. The highest BCUT2D eigenvalue weighted by Gasteiger charge is 2.10. The minimum Gasteiger partial charge on any atom is -0.504 e. The third kappa shape index (κ3) is 4.54. The van der Waals surface area contributed by atoms with E-state index >= 15 is 0 Å². The van der Waals surface area contributed by atoms with E-state index in [1.807, 2.05) is 66.7 Å². The third-order valence-electron chi connectivity index (χ3n) is 5.73. The Balaban J connectivity index is 1.50. The zero-order valence-corrected chi connectivity index (χ0v) is 17.6. The third-order valence-corrected chi connectivity index (χ3v) is 5.73. The van der Waals surface area contributed by atoms with Gasteiger partial charge in [0.05, 0.1) is 0 Å². The van der Waals surface area contributed by atoms with Gasteiger partial charge in [-0.2, -0.15) is 0 Å². The summed E-state index contributed by atoms with van der Waals surface area (Å²) in [6.45, 7) is 0. The van der Waals surface area contributed by atoms with E-state index in [1.165, 1.54) is 5.56 Å². The first-order chi connectivity index (χ1) is 15.6. The Kier molecular flexibility index (Phi) is 5.42. The van der Waals surface area contributed by atoms with E-state index in [4.69, 9.17) is 9.47 Å². The molecule has 160 valence electrons. The van der Waals surface area contributed by atoms with Gasteiger partial charge in [0.15, 0.2) is 23.0 Å². The lowest BCUT2D eigenvalue weighted by atomic mass is 10.0. The maximum atomic E-state index is 10.5. The van der Waals surface area contributed by atoms with Gasteiger partial charge in [-0.25, -0.2) is 0 Å². The molecule has 0 aromatic heterocycles. The lowest BCUT2D eigenvalue weighted by molar-refractivity contribution is 0.410. The highest BCUT2D eigenvalue weighted by Crippen LogP contribution is 2.34. The number of hydrogen-bond acceptors (Lipinski definition) is 4. The van der Waals surface area contributed by atoms with Gasteiger partial charge in [-0.1, -0.05) is 36.4 Å². The van der Waals surface area contributed by atoms with Crippen LogP contribution in [0.1, 0.15) is 22.3 Å². The predicted molar refractivity (Wildman–Crippen MR) is 124 cm³/mol. The summed E-state index contributed by atoms with van der Waals surface area (Å²) in [5.74, 6) is 2.54. The summed E-state index contributed by atoms with van der Waals surface area (Å²) >= 11 is 0. The Hall–Kier alpha value is -3.92. The first-order valence-electron chi connectivity index (χ1n) is 10.8. The molecule has 2 N–H and O–H groups in total. The van der Waals surface area contributed by atoms with E-state index < -0.39 is 0 Å². The van der Waals surface area contributed by atoms with Crippen molar-refractivity contribution in [2.75, 3.05) is 0 Å². The molecular formula is C28H24O4. The van der Waals surface area contributed by atoms with Crippen molar-refractivity contribution in [1.82, 2.24) is 0 Å². The average Bonchev–Trinajstić information content (AvgIpc) is 2.80. The fourth-order valence-electron chi connectivity index (χ4n) is 3.92. The smallest absolute Gasteiger partial charge is 0.169 e. The molecule has 8 rings (SSSR count). The number of hydrogen-bond donors (Lipinski definition) is 2. The van der Waals surface area contributed by atoms with Crippen LogP contribution in [0.5, 0.6) is 34.5 Å². The summed E-state index contributed by atoms with van der Waals surface area (Å²) in [7, 11) is 0. The van der Waals surface area contributed by atoms with Crippen LogP contribution in [0.4, 0.5) is 0 Å². The standard InChI is InChI=1S/C28H24O4/c29-25-14-10-22-7-6-20-2-1-3-24(16-20)32-27-15-11-21(17-26(27)30)5-4-19-8-12-23(13-9-19)31-28(25)18-22/h1-3,8-18,29-30H,4-7H2. The Labute approximate surface area is 187 Å². The number of aryl methyl sites for hydroxylation is 4. The second kappa shape index (κ2) is 8.67. The number of phenols is 2. The maximum Gasteiger partial charge on any atom is 0.169 e. The fraction of sp³-hybridized carbons (Fsp3) is 0.143. The van der Waals surface area contributed by atoms with E-state index in [-0.39, 0.29) is 11.5 Å². The Morgan fingerprint density at radius 2 is 1.09 bits per heavy atom. The molecule has 8 bridgehead atoms. The molecule has 4 heteroatoms. The second-order valence-corrected chi connectivity index (χ2v) is 8.10. The number of phenolic OH excluding ortho intramolecular Hbond substituents is 2. The fourth-order valence-corrected chi connectivity index (χ4v) is 3.92. The van der Waals surface area contributed by atoms with E-state index in [0.717, 1.165) is 42.4 Å². The first-order valence-corrected chi connectivity index (χ1v) is 10.8. The average molecular weight is 424 g/mol. The molecule has 0 saturated carbocycles. The molecule has 0 fully saturated rings. The van der Waals surface area contributed by atoms with Crippen LogP contribution in [0.3, 0.4) is 0 Å². The van der Waals surface area contributed by atoms with Crippen LogP contribution in [0.15, 0.2) is 84.9 Å². The van der Waals surface area contributed by atoms with E-state index in [2.05, 4.69) is 6.07 Å². The van der Waals surface area contributed by atoms with Gasteiger partial charge in [-0.05, 0) is 96.5 Å². The van der Waals surface area contributed by atoms with E-state index in [9.17, 15) is 10.2 Å². The SMILES string of the molecule is Oc1cc2ccc1Oc1cccc(c1)CCc1ccc(O)c(c1)Oc1ccc(cc1)CC2. The molecule has 0 spiro atoms. The van der Waals surface area contributed by atoms with Crippen molar-refractivity contribution in [1.29, 1.82) is 0 Å². The summed E-state index contributed by atoms with van der Waals surface area (Å²) in [5.41, 5.74) is 4.41. The molecule has 0 amide bonds. The van der Waals surface area contributed by atoms with Gasteiger partial charge in [0, 0.05) is 0 Å². The summed E-state index contributed by atoms with van der Waals surface area (Å²) in [6, 6.07) is 26.8. The van der Waals surface area contributed by atoms with E-state index in [1.54, 1.807) is 12.1 Å². The lowest BCUT2D eigenvalue weighted by Crippen LogP contribution is -1.95. The van der Waals surface area contributed by atoms with Crippen molar-refractivity contribution < 1.29 is 19.7 Å². The Morgan fingerprint density at radius 1 is 0.469 bits per heavy atom. The molecule has 4 aliphatic rings. The zero-order chi connectivity index (χ0) is 21.9. The molecule has 0 saturated heterocycles. The first kappa shape index (κ1) is 20.0. The summed E-state index contributed by atoms with van der Waals surface area (Å²) < 4.78 is 11.9. The molecule has 4 aromatic carbocycles. The van der Waals surface area contributed by atoms with Crippen LogP contribution in [-0.2, 0) is 25.7 Å². The molecule has 32 heavy (non-hydrogen) atoms. The van der Waals surface area contributed by atoms with Crippen molar-refractivity contribution in [2.45, 2.75) is 25.7 Å². The molecule has 0 aliphatic carbocycles. The minimum atomic E-state index is 0.123. The van der Waals surface area contributed by atoms with Crippen LogP contribution < -0.4 is 9.47 Å². The van der Waals surface area contributed by atoms with Crippen molar-refractivity contribution in [3.05, 3.63) is 107 Å². The zero-order valence-electron chi connectivity index (χ0n) is 17.6. The molecule has 0 atom stereocenters. The van der Waals surface area contributed by atoms with E-state index in [0.29, 0.717) is 23.0 Å². The topological polar surface area (TPSA) is 58.9 Å². The van der Waals surface area contributed by atoms with Gasteiger partial charge in [0.25, 0.3) is 0 Å². The van der Waals surface area contributed by atoms with Crippen LogP contribution in [0.25, 0.3) is 0 Å². The quantitative estimate of drug-likeness (QED) is 0.335. The van der Waals surface area contributed by atoms with Gasteiger partial charge in [0.1, 0.15) is 11.5 Å². The monoisotopic (exact) mass is 424 g/mol. The Bertz CT molecular complexity index is 1240. The molecule has 4 nitrogen and oxygen atoms in total. The van der Waals surface area contributed by atoms with Crippen molar-refractivity contribution in [3.63, 3.8) is 0 Å². The van der Waals surface area contributed by atoms with Gasteiger partial charge in [-0.15, -0.1) is 0 Å². The van der Waals surface area contributed by atoms with Crippen molar-refractivity contribution >= 4 is 0 Å². The van der Waals surface area contributed by atoms with Crippen LogP contribution in [0, 0.1) is 0 Å². The highest BCUT2D eigenvalue weighted by atomic mass is 16.5. The second-order valence-electron chi connectivity index (χ2n) is 8.10. The summed E-state index contributed by atoms with van der Waals surface area (Å²) in [6.07, 6.45) is 3.23. The van der Waals surface area contributed by atoms with Gasteiger partial charge >= 0.3 is 0 Å². The van der Waals surface area contributed by atoms with Crippen LogP contribution in [0.2, 0.25) is 0 Å². The molecule has 4 aromatic rings. The molecule has 4 heterocycles. The minimum absolute atomic E-state index is 0.123. The number of ether oxygens (including phenoxy) is 2.